The summed E-state index contributed by atoms with van der Waals surface area (Å²) in [5.41, 5.74) is 0.264. The molecular formula is C11H14N4O3. The van der Waals surface area contributed by atoms with Crippen LogP contribution in [0.1, 0.15) is 10.5 Å². The van der Waals surface area contributed by atoms with Crippen molar-refractivity contribution in [2.75, 3.05) is 26.2 Å². The molecule has 0 spiro atoms. The van der Waals surface area contributed by atoms with Crippen LogP contribution >= 0.6 is 0 Å². The fraction of sp³-hybridized carbons (Fsp3) is 0.455. The average Bonchev–Trinajstić information content (AvgIpc) is 2.40. The molecule has 1 fully saturated rings. The summed E-state index contributed by atoms with van der Waals surface area (Å²) in [6, 6.07) is -0.667. The van der Waals surface area contributed by atoms with E-state index in [2.05, 4.69) is 15.3 Å². The van der Waals surface area contributed by atoms with Gasteiger partial charge >= 0.3 is 5.97 Å². The highest BCUT2D eigenvalue weighted by molar-refractivity contribution is 5.95. The summed E-state index contributed by atoms with van der Waals surface area (Å²) in [5.74, 6) is -1.13. The van der Waals surface area contributed by atoms with E-state index in [1.807, 2.05) is 0 Å². The Morgan fingerprint density at radius 3 is 3.00 bits per heavy atom. The molecule has 0 bridgehead atoms. The van der Waals surface area contributed by atoms with Gasteiger partial charge < -0.3 is 10.4 Å². The Kier molecular flexibility index (Phi) is 3.96. The second-order valence-electron chi connectivity index (χ2n) is 4.04. The first-order chi connectivity index (χ1) is 8.68. The summed E-state index contributed by atoms with van der Waals surface area (Å²) in [7, 11) is 0. The highest BCUT2D eigenvalue weighted by Crippen LogP contribution is 2.05. The Balaban J connectivity index is 2.03. The molecule has 0 amide bonds. The van der Waals surface area contributed by atoms with Gasteiger partial charge in [-0.15, -0.1) is 0 Å². The topological polar surface area (TPSA) is 95.4 Å². The molecule has 0 aliphatic carbocycles. The van der Waals surface area contributed by atoms with Gasteiger partial charge in [-0.05, 0) is 0 Å². The molecule has 0 radical (unpaired) electrons. The van der Waals surface area contributed by atoms with E-state index in [0.717, 1.165) is 0 Å². The van der Waals surface area contributed by atoms with Gasteiger partial charge in [0, 0.05) is 32.0 Å². The molecule has 0 saturated carbocycles. The zero-order chi connectivity index (χ0) is 13.0. The van der Waals surface area contributed by atoms with Crippen molar-refractivity contribution in [2.45, 2.75) is 6.04 Å². The van der Waals surface area contributed by atoms with Crippen LogP contribution in [-0.4, -0.2) is 63.9 Å². The molecule has 0 unspecified atom stereocenters. The lowest BCUT2D eigenvalue weighted by Gasteiger charge is -2.32. The minimum Gasteiger partial charge on any atom is -0.480 e. The number of hydrogen-bond acceptors (Lipinski definition) is 6. The van der Waals surface area contributed by atoms with Crippen molar-refractivity contribution in [1.82, 2.24) is 20.2 Å². The van der Waals surface area contributed by atoms with E-state index in [0.29, 0.717) is 19.6 Å². The third kappa shape index (κ3) is 2.88. The Hall–Kier alpha value is -1.86. The maximum atomic E-state index is 11.9. The van der Waals surface area contributed by atoms with Gasteiger partial charge in [0.2, 0.25) is 0 Å². The number of hydrogen-bond donors (Lipinski definition) is 2. The molecule has 1 atom stereocenters. The maximum absolute atomic E-state index is 11.9. The monoisotopic (exact) mass is 250 g/mol. The van der Waals surface area contributed by atoms with Crippen LogP contribution < -0.4 is 5.32 Å². The van der Waals surface area contributed by atoms with E-state index in [9.17, 15) is 9.59 Å². The van der Waals surface area contributed by atoms with Crippen molar-refractivity contribution in [2.24, 2.45) is 0 Å². The number of nitrogens with one attached hydrogen (secondary N) is 1. The fourth-order valence-electron chi connectivity index (χ4n) is 1.89. The third-order valence-electron chi connectivity index (χ3n) is 2.83. The SMILES string of the molecule is O=C(CN1CCNC[C@H]1C(=O)O)c1cnccn1. The summed E-state index contributed by atoms with van der Waals surface area (Å²) in [4.78, 5) is 32.4. The van der Waals surface area contributed by atoms with Crippen LogP contribution in [0.25, 0.3) is 0 Å². The fourth-order valence-corrected chi connectivity index (χ4v) is 1.89. The van der Waals surface area contributed by atoms with Crippen molar-refractivity contribution < 1.29 is 14.7 Å². The Morgan fingerprint density at radius 2 is 2.33 bits per heavy atom. The molecule has 1 saturated heterocycles. The lowest BCUT2D eigenvalue weighted by molar-refractivity contribution is -0.143. The molecule has 2 rings (SSSR count). The van der Waals surface area contributed by atoms with Crippen LogP contribution in [0.2, 0.25) is 0 Å². The van der Waals surface area contributed by atoms with Gasteiger partial charge in [-0.2, -0.15) is 0 Å². The van der Waals surface area contributed by atoms with Gasteiger partial charge in [-0.1, -0.05) is 0 Å². The minimum absolute atomic E-state index is 0.0529. The number of carboxylic acids is 1. The predicted molar refractivity (Wildman–Crippen MR) is 62.2 cm³/mol. The molecule has 0 aromatic carbocycles. The zero-order valence-electron chi connectivity index (χ0n) is 9.74. The van der Waals surface area contributed by atoms with Crippen LogP contribution in [0.15, 0.2) is 18.6 Å². The number of piperazine rings is 1. The molecule has 1 aliphatic heterocycles. The molecule has 7 heteroatoms. The summed E-state index contributed by atoms with van der Waals surface area (Å²) in [6.07, 6.45) is 4.32. The molecule has 96 valence electrons. The van der Waals surface area contributed by atoms with Crippen LogP contribution in [0.5, 0.6) is 0 Å². The summed E-state index contributed by atoms with van der Waals surface area (Å²) >= 11 is 0. The Bertz CT molecular complexity index is 437. The predicted octanol–water partition coefficient (Wildman–Crippen LogP) is -0.982. The molecule has 1 aliphatic rings. The maximum Gasteiger partial charge on any atom is 0.322 e. The smallest absolute Gasteiger partial charge is 0.322 e. The normalized spacial score (nSPS) is 20.6. The largest absolute Gasteiger partial charge is 0.480 e. The van der Waals surface area contributed by atoms with Crippen LogP contribution in [0, 0.1) is 0 Å². The van der Waals surface area contributed by atoms with Crippen molar-refractivity contribution >= 4 is 11.8 Å². The van der Waals surface area contributed by atoms with Crippen molar-refractivity contribution in [3.05, 3.63) is 24.3 Å². The van der Waals surface area contributed by atoms with Crippen molar-refractivity contribution in [3.8, 4) is 0 Å². The first kappa shape index (κ1) is 12.6. The third-order valence-corrected chi connectivity index (χ3v) is 2.83. The standard InChI is InChI=1S/C11H14N4O3/c16-10(8-5-12-1-2-14-8)7-15-4-3-13-6-9(15)11(17)18/h1-2,5,9,13H,3-4,6-7H2,(H,17,18)/t9-/m0/s1. The number of aliphatic carboxylic acids is 1. The van der Waals surface area contributed by atoms with Crippen LogP contribution in [0.3, 0.4) is 0 Å². The van der Waals surface area contributed by atoms with E-state index in [1.54, 1.807) is 4.90 Å². The minimum atomic E-state index is -0.922. The lowest BCUT2D eigenvalue weighted by atomic mass is 10.1. The van der Waals surface area contributed by atoms with Gasteiger partial charge in [0.25, 0.3) is 0 Å². The lowest BCUT2D eigenvalue weighted by Crippen LogP contribution is -2.56. The van der Waals surface area contributed by atoms with Gasteiger partial charge in [-0.25, -0.2) is 4.98 Å². The average molecular weight is 250 g/mol. The second kappa shape index (κ2) is 5.65. The summed E-state index contributed by atoms with van der Waals surface area (Å²) in [5, 5.41) is 12.1. The van der Waals surface area contributed by atoms with E-state index < -0.39 is 12.0 Å². The first-order valence-electron chi connectivity index (χ1n) is 5.65. The Morgan fingerprint density at radius 1 is 1.50 bits per heavy atom. The number of ketones is 1. The molecule has 18 heavy (non-hydrogen) atoms. The number of rotatable bonds is 4. The molecule has 7 nitrogen and oxygen atoms in total. The number of nitrogens with zero attached hydrogens (tertiary/aromatic N) is 3. The van der Waals surface area contributed by atoms with Gasteiger partial charge in [-0.3, -0.25) is 19.5 Å². The quantitative estimate of drug-likeness (QED) is 0.663. The summed E-state index contributed by atoms with van der Waals surface area (Å²) < 4.78 is 0. The number of carboxylic acid groups (broad SMARTS) is 1. The van der Waals surface area contributed by atoms with Gasteiger partial charge in [0.05, 0.1) is 12.7 Å². The molecule has 1 aromatic heterocycles. The highest BCUT2D eigenvalue weighted by atomic mass is 16.4. The Labute approximate surface area is 104 Å². The van der Waals surface area contributed by atoms with Crippen LogP contribution in [0.4, 0.5) is 0 Å². The number of Topliss-reactive ketones (excluding diaryl/α,β-unsaturated/α-hetero) is 1. The van der Waals surface area contributed by atoms with E-state index in [-0.39, 0.29) is 18.0 Å². The molecule has 1 aromatic rings. The van der Waals surface area contributed by atoms with Gasteiger partial charge in [0.15, 0.2) is 5.78 Å². The number of carbonyl (C=O) groups excluding carboxylic acids is 1. The molecule has 2 heterocycles. The number of carbonyl (C=O) groups is 2. The first-order valence-corrected chi connectivity index (χ1v) is 5.65. The molecule has 2 N–H and O–H groups in total. The van der Waals surface area contributed by atoms with Crippen LogP contribution in [-0.2, 0) is 4.79 Å². The summed E-state index contributed by atoms with van der Waals surface area (Å²) in [6.45, 7) is 1.61. The van der Waals surface area contributed by atoms with Gasteiger partial charge in [0.1, 0.15) is 11.7 Å². The molecular weight excluding hydrogens is 236 g/mol. The van der Waals surface area contributed by atoms with E-state index in [4.69, 9.17) is 5.11 Å². The van der Waals surface area contributed by atoms with E-state index >= 15 is 0 Å². The van der Waals surface area contributed by atoms with E-state index in [1.165, 1.54) is 18.6 Å². The zero-order valence-corrected chi connectivity index (χ0v) is 9.74. The second-order valence-corrected chi connectivity index (χ2v) is 4.04. The highest BCUT2D eigenvalue weighted by Gasteiger charge is 2.29. The van der Waals surface area contributed by atoms with Crippen molar-refractivity contribution in [3.63, 3.8) is 0 Å². The number of aromatic nitrogens is 2. The van der Waals surface area contributed by atoms with Crippen molar-refractivity contribution in [1.29, 1.82) is 0 Å².